The van der Waals surface area contributed by atoms with Gasteiger partial charge in [0.05, 0.1) is 17.6 Å². The third-order valence-electron chi connectivity index (χ3n) is 4.74. The predicted octanol–water partition coefficient (Wildman–Crippen LogP) is 2.05. The summed E-state index contributed by atoms with van der Waals surface area (Å²) in [6, 6.07) is 5.64. The second-order valence-corrected chi connectivity index (χ2v) is 6.24. The lowest BCUT2D eigenvalue weighted by atomic mass is 9.74. The summed E-state index contributed by atoms with van der Waals surface area (Å²) in [6.07, 6.45) is 5.63. The fraction of sp³-hybridized carbons (Fsp3) is 0.562. The molecule has 0 aliphatic heterocycles. The molecule has 114 valence electrons. The topological polar surface area (TPSA) is 84.3 Å². The van der Waals surface area contributed by atoms with Crippen molar-refractivity contribution in [2.75, 3.05) is 12.3 Å². The van der Waals surface area contributed by atoms with Crippen LogP contribution in [-0.2, 0) is 13.2 Å². The Labute approximate surface area is 124 Å². The molecule has 0 spiro atoms. The molecule has 0 radical (unpaired) electrons. The van der Waals surface area contributed by atoms with E-state index in [1.165, 1.54) is 6.42 Å². The number of anilines is 1. The maximum absolute atomic E-state index is 9.90. The van der Waals surface area contributed by atoms with E-state index in [4.69, 9.17) is 5.73 Å². The van der Waals surface area contributed by atoms with Gasteiger partial charge in [-0.15, -0.1) is 0 Å². The van der Waals surface area contributed by atoms with Crippen molar-refractivity contribution in [1.82, 2.24) is 9.55 Å². The van der Waals surface area contributed by atoms with Gasteiger partial charge in [0.1, 0.15) is 12.4 Å². The summed E-state index contributed by atoms with van der Waals surface area (Å²) in [4.78, 5) is 4.47. The van der Waals surface area contributed by atoms with Crippen molar-refractivity contribution >= 4 is 16.7 Å². The summed E-state index contributed by atoms with van der Waals surface area (Å²) in [6.45, 7) is 0.794. The molecule has 21 heavy (non-hydrogen) atoms. The van der Waals surface area contributed by atoms with Crippen LogP contribution in [0.2, 0.25) is 0 Å². The van der Waals surface area contributed by atoms with Crippen LogP contribution >= 0.6 is 0 Å². The lowest BCUT2D eigenvalue weighted by Crippen LogP contribution is -2.33. The van der Waals surface area contributed by atoms with Crippen molar-refractivity contribution in [2.45, 2.75) is 45.3 Å². The SMILES string of the molecule is Nc1ccc2c(c1)nc(CO)n2CC1(CO)CCCCC1. The highest BCUT2D eigenvalue weighted by Gasteiger charge is 2.33. The molecule has 3 rings (SSSR count). The quantitative estimate of drug-likeness (QED) is 0.752. The highest BCUT2D eigenvalue weighted by molar-refractivity contribution is 5.79. The van der Waals surface area contributed by atoms with E-state index in [2.05, 4.69) is 9.55 Å². The first-order chi connectivity index (χ1) is 10.2. The van der Waals surface area contributed by atoms with Gasteiger partial charge in [0.15, 0.2) is 0 Å². The van der Waals surface area contributed by atoms with E-state index in [-0.39, 0.29) is 18.6 Å². The Kier molecular flexibility index (Phi) is 3.87. The first kappa shape index (κ1) is 14.4. The number of hydrogen-bond acceptors (Lipinski definition) is 4. The van der Waals surface area contributed by atoms with Crippen LogP contribution < -0.4 is 5.73 Å². The van der Waals surface area contributed by atoms with Gasteiger partial charge in [0.2, 0.25) is 0 Å². The molecule has 1 saturated carbocycles. The van der Waals surface area contributed by atoms with Gasteiger partial charge in [-0.2, -0.15) is 0 Å². The van der Waals surface area contributed by atoms with Crippen LogP contribution in [0.15, 0.2) is 18.2 Å². The summed E-state index contributed by atoms with van der Waals surface area (Å²) >= 11 is 0. The number of rotatable bonds is 4. The number of nitrogen functional groups attached to an aromatic ring is 1. The number of hydrogen-bond donors (Lipinski definition) is 3. The van der Waals surface area contributed by atoms with Crippen LogP contribution in [-0.4, -0.2) is 26.4 Å². The molecule has 4 N–H and O–H groups in total. The first-order valence-electron chi connectivity index (χ1n) is 7.64. The van der Waals surface area contributed by atoms with Gasteiger partial charge in [-0.25, -0.2) is 4.98 Å². The van der Waals surface area contributed by atoms with Crippen LogP contribution in [0, 0.1) is 5.41 Å². The maximum Gasteiger partial charge on any atom is 0.135 e. The zero-order valence-electron chi connectivity index (χ0n) is 12.3. The Balaban J connectivity index is 2.02. The average molecular weight is 289 g/mol. The fourth-order valence-corrected chi connectivity index (χ4v) is 3.50. The van der Waals surface area contributed by atoms with Crippen molar-refractivity contribution in [3.8, 4) is 0 Å². The van der Waals surface area contributed by atoms with Crippen molar-refractivity contribution in [2.24, 2.45) is 5.41 Å². The molecule has 0 unspecified atom stereocenters. The summed E-state index contributed by atoms with van der Waals surface area (Å²) in [5.41, 5.74) is 8.18. The second kappa shape index (κ2) is 5.66. The maximum atomic E-state index is 9.90. The Morgan fingerprint density at radius 2 is 1.95 bits per heavy atom. The largest absolute Gasteiger partial charge is 0.399 e. The minimum Gasteiger partial charge on any atom is -0.399 e. The number of imidazole rings is 1. The molecule has 1 fully saturated rings. The van der Waals surface area contributed by atoms with E-state index >= 15 is 0 Å². The highest BCUT2D eigenvalue weighted by Crippen LogP contribution is 2.38. The standard InChI is InChI=1S/C16H23N3O2/c17-12-4-5-14-13(8-12)18-15(9-20)19(14)10-16(11-21)6-2-1-3-7-16/h4-5,8,20-21H,1-3,6-7,9-11,17H2. The van der Waals surface area contributed by atoms with Crippen molar-refractivity contribution < 1.29 is 10.2 Å². The van der Waals surface area contributed by atoms with E-state index < -0.39 is 0 Å². The highest BCUT2D eigenvalue weighted by atomic mass is 16.3. The van der Waals surface area contributed by atoms with E-state index in [1.54, 1.807) is 0 Å². The zero-order chi connectivity index (χ0) is 14.9. The first-order valence-corrected chi connectivity index (χ1v) is 7.64. The number of aliphatic hydroxyl groups excluding tert-OH is 2. The van der Waals surface area contributed by atoms with Gasteiger partial charge >= 0.3 is 0 Å². The molecule has 0 atom stereocenters. The predicted molar refractivity (Wildman–Crippen MR) is 82.7 cm³/mol. The van der Waals surface area contributed by atoms with Crippen molar-refractivity contribution in [1.29, 1.82) is 0 Å². The molecule has 2 aromatic rings. The van der Waals surface area contributed by atoms with Crippen LogP contribution in [0.1, 0.15) is 37.9 Å². The number of benzene rings is 1. The normalized spacial score (nSPS) is 18.2. The monoisotopic (exact) mass is 289 g/mol. The smallest absolute Gasteiger partial charge is 0.135 e. The Hall–Kier alpha value is -1.59. The zero-order valence-corrected chi connectivity index (χ0v) is 12.3. The summed E-state index contributed by atoms with van der Waals surface area (Å²) in [5, 5.41) is 19.5. The van der Waals surface area contributed by atoms with Gasteiger partial charge in [-0.05, 0) is 31.0 Å². The van der Waals surface area contributed by atoms with Gasteiger partial charge < -0.3 is 20.5 Å². The van der Waals surface area contributed by atoms with Crippen LogP contribution in [0.25, 0.3) is 11.0 Å². The lowest BCUT2D eigenvalue weighted by molar-refractivity contribution is 0.0638. The van der Waals surface area contributed by atoms with Gasteiger partial charge in [-0.3, -0.25) is 0 Å². The second-order valence-electron chi connectivity index (χ2n) is 6.24. The average Bonchev–Trinajstić information content (AvgIpc) is 2.85. The molecule has 0 saturated heterocycles. The number of nitrogens with zero attached hydrogens (tertiary/aromatic N) is 2. The molecule has 0 bridgehead atoms. The van der Waals surface area contributed by atoms with Crippen molar-refractivity contribution in [3.05, 3.63) is 24.0 Å². The lowest BCUT2D eigenvalue weighted by Gasteiger charge is -2.36. The number of aromatic nitrogens is 2. The Morgan fingerprint density at radius 1 is 1.19 bits per heavy atom. The molecular weight excluding hydrogens is 266 g/mol. The van der Waals surface area contributed by atoms with E-state index in [1.807, 2.05) is 18.2 Å². The van der Waals surface area contributed by atoms with Crippen LogP contribution in [0.3, 0.4) is 0 Å². The minimum absolute atomic E-state index is 0.0861. The molecule has 1 aliphatic rings. The van der Waals surface area contributed by atoms with Crippen molar-refractivity contribution in [3.63, 3.8) is 0 Å². The third-order valence-corrected chi connectivity index (χ3v) is 4.74. The summed E-state index contributed by atoms with van der Waals surface area (Å²) in [5.74, 6) is 0.647. The molecule has 1 aromatic carbocycles. The minimum atomic E-state index is -0.101. The fourth-order valence-electron chi connectivity index (χ4n) is 3.50. The van der Waals surface area contributed by atoms with E-state index in [9.17, 15) is 10.2 Å². The summed E-state index contributed by atoms with van der Waals surface area (Å²) in [7, 11) is 0. The molecule has 5 nitrogen and oxygen atoms in total. The number of nitrogens with two attached hydrogens (primary N) is 1. The molecule has 1 aromatic heterocycles. The van der Waals surface area contributed by atoms with Crippen LogP contribution in [0.5, 0.6) is 0 Å². The van der Waals surface area contributed by atoms with E-state index in [0.717, 1.165) is 36.7 Å². The Bertz CT molecular complexity index is 630. The van der Waals surface area contributed by atoms with Gasteiger partial charge in [0, 0.05) is 17.6 Å². The molecular formula is C16H23N3O2. The third kappa shape index (κ3) is 2.63. The molecule has 5 heteroatoms. The van der Waals surface area contributed by atoms with Gasteiger partial charge in [-0.1, -0.05) is 19.3 Å². The summed E-state index contributed by atoms with van der Waals surface area (Å²) < 4.78 is 2.05. The number of fused-ring (bicyclic) bond motifs is 1. The van der Waals surface area contributed by atoms with Crippen LogP contribution in [0.4, 0.5) is 5.69 Å². The Morgan fingerprint density at radius 3 is 2.62 bits per heavy atom. The molecule has 1 aliphatic carbocycles. The molecule has 1 heterocycles. The molecule has 0 amide bonds. The van der Waals surface area contributed by atoms with Gasteiger partial charge in [0.25, 0.3) is 0 Å². The number of aliphatic hydroxyl groups is 2. The van der Waals surface area contributed by atoms with E-state index in [0.29, 0.717) is 18.1 Å².